The molecule has 1 unspecified atom stereocenters. The van der Waals surface area contributed by atoms with Crippen molar-refractivity contribution in [2.75, 3.05) is 19.5 Å². The van der Waals surface area contributed by atoms with E-state index in [9.17, 15) is 9.90 Å². The average Bonchev–Trinajstić information content (AvgIpc) is 3.06. The number of rotatable bonds is 8. The van der Waals surface area contributed by atoms with Gasteiger partial charge in [0.05, 0.1) is 24.4 Å². The predicted octanol–water partition coefficient (Wildman–Crippen LogP) is 5.34. The van der Waals surface area contributed by atoms with Crippen LogP contribution < -0.4 is 10.1 Å². The summed E-state index contributed by atoms with van der Waals surface area (Å²) in [6, 6.07) is 10.3. The third kappa shape index (κ3) is 5.48. The highest BCUT2D eigenvalue weighted by atomic mass is 16.6. The second kappa shape index (κ2) is 9.43. The fourth-order valence-electron chi connectivity index (χ4n) is 3.43. The fourth-order valence-corrected chi connectivity index (χ4v) is 3.43. The van der Waals surface area contributed by atoms with Crippen LogP contribution in [-0.4, -0.2) is 41.2 Å². The molecule has 2 aromatic rings. The van der Waals surface area contributed by atoms with Crippen LogP contribution >= 0.6 is 0 Å². The molecular formula is C23H34N2O5. The maximum atomic E-state index is 12.9. The van der Waals surface area contributed by atoms with Gasteiger partial charge in [-0.15, -0.1) is 0 Å². The van der Waals surface area contributed by atoms with Gasteiger partial charge in [-0.3, -0.25) is 0 Å². The minimum atomic E-state index is -0.696. The van der Waals surface area contributed by atoms with Crippen LogP contribution in [-0.2, 0) is 9.47 Å². The molecule has 2 rings (SSSR count). The van der Waals surface area contributed by atoms with E-state index in [1.165, 1.54) is 10.6 Å². The van der Waals surface area contributed by atoms with Gasteiger partial charge in [0.25, 0.3) is 0 Å². The molecule has 0 spiro atoms. The minimum absolute atomic E-state index is 0.185. The summed E-state index contributed by atoms with van der Waals surface area (Å²) in [4.78, 5) is 12.9. The van der Waals surface area contributed by atoms with Crippen LogP contribution in [0.15, 0.2) is 36.4 Å². The van der Waals surface area contributed by atoms with Crippen molar-refractivity contribution < 1.29 is 24.1 Å². The topological polar surface area (TPSA) is 82.0 Å². The van der Waals surface area contributed by atoms with E-state index in [2.05, 4.69) is 12.2 Å². The standard InChI is InChI=1S/C23H34N2O5/c1-8-15-23(5,29-7)20(24-16-9-11-17(28-6)12-10-16)18-13-14-19(26)25(18)21(27)30-22(2,3)4/h9-14,20,24,26H,8,15H2,1-7H3/t20?,23-/m0/s1. The lowest BCUT2D eigenvalue weighted by molar-refractivity contribution is -0.0203. The number of hydrogen-bond acceptors (Lipinski definition) is 6. The van der Waals surface area contributed by atoms with Crippen LogP contribution in [0.5, 0.6) is 11.6 Å². The van der Waals surface area contributed by atoms with Gasteiger partial charge >= 0.3 is 6.09 Å². The molecule has 7 nitrogen and oxygen atoms in total. The number of aromatic nitrogens is 1. The Labute approximate surface area is 178 Å². The lowest BCUT2D eigenvalue weighted by Gasteiger charge is -2.38. The van der Waals surface area contributed by atoms with E-state index < -0.39 is 23.3 Å². The van der Waals surface area contributed by atoms with E-state index in [-0.39, 0.29) is 5.88 Å². The lowest BCUT2D eigenvalue weighted by atomic mass is 9.88. The van der Waals surface area contributed by atoms with Gasteiger partial charge in [-0.2, -0.15) is 0 Å². The number of carbonyl (C=O) groups is 1. The summed E-state index contributed by atoms with van der Waals surface area (Å²) in [6.07, 6.45) is 0.971. The van der Waals surface area contributed by atoms with Crippen molar-refractivity contribution in [2.45, 2.75) is 64.7 Å². The van der Waals surface area contributed by atoms with Crippen molar-refractivity contribution in [1.29, 1.82) is 0 Å². The van der Waals surface area contributed by atoms with Crippen molar-refractivity contribution in [2.24, 2.45) is 0 Å². The van der Waals surface area contributed by atoms with Gasteiger partial charge < -0.3 is 24.6 Å². The first kappa shape index (κ1) is 23.6. The van der Waals surface area contributed by atoms with Crippen molar-refractivity contribution in [3.05, 3.63) is 42.1 Å². The van der Waals surface area contributed by atoms with Crippen molar-refractivity contribution in [1.82, 2.24) is 4.57 Å². The molecule has 1 heterocycles. The van der Waals surface area contributed by atoms with Gasteiger partial charge in [-0.05, 0) is 64.4 Å². The van der Waals surface area contributed by atoms with Gasteiger partial charge in [0.2, 0.25) is 5.88 Å². The van der Waals surface area contributed by atoms with E-state index >= 15 is 0 Å². The molecule has 0 saturated carbocycles. The molecule has 0 amide bonds. The molecule has 7 heteroatoms. The first-order valence-electron chi connectivity index (χ1n) is 10.1. The zero-order valence-electron chi connectivity index (χ0n) is 19.0. The number of anilines is 1. The number of nitrogens with one attached hydrogen (secondary N) is 1. The first-order valence-corrected chi connectivity index (χ1v) is 10.1. The quantitative estimate of drug-likeness (QED) is 0.602. The highest BCUT2D eigenvalue weighted by molar-refractivity contribution is 5.74. The zero-order valence-corrected chi connectivity index (χ0v) is 19.0. The lowest BCUT2D eigenvalue weighted by Crippen LogP contribution is -2.41. The number of carbonyl (C=O) groups excluding carboxylic acids is 1. The van der Waals surface area contributed by atoms with Crippen molar-refractivity contribution in [3.8, 4) is 11.6 Å². The normalized spacial score (nSPS) is 14.6. The monoisotopic (exact) mass is 418 g/mol. The summed E-state index contributed by atoms with van der Waals surface area (Å²) in [6.45, 7) is 9.42. The second-order valence-electron chi connectivity index (χ2n) is 8.50. The summed E-state index contributed by atoms with van der Waals surface area (Å²) < 4.78 is 17.9. The molecule has 0 aliphatic heterocycles. The maximum Gasteiger partial charge on any atom is 0.421 e. The van der Waals surface area contributed by atoms with E-state index in [1.54, 1.807) is 41.1 Å². The molecule has 2 N–H and O–H groups in total. The van der Waals surface area contributed by atoms with Gasteiger partial charge in [0.1, 0.15) is 11.4 Å². The molecule has 0 aliphatic carbocycles. The Balaban J connectivity index is 2.53. The van der Waals surface area contributed by atoms with E-state index in [1.807, 2.05) is 31.2 Å². The zero-order chi connectivity index (χ0) is 22.5. The van der Waals surface area contributed by atoms with Gasteiger partial charge in [-0.25, -0.2) is 9.36 Å². The summed E-state index contributed by atoms with van der Waals surface area (Å²) in [5.41, 5.74) is 0.0314. The molecule has 2 atom stereocenters. The highest BCUT2D eigenvalue weighted by Gasteiger charge is 2.38. The summed E-state index contributed by atoms with van der Waals surface area (Å²) in [5.74, 6) is 0.561. The molecule has 166 valence electrons. The number of hydrogen-bond donors (Lipinski definition) is 2. The molecule has 0 bridgehead atoms. The Morgan fingerprint density at radius 3 is 2.23 bits per heavy atom. The number of benzene rings is 1. The number of methoxy groups -OCH3 is 2. The number of ether oxygens (including phenoxy) is 3. The third-order valence-electron chi connectivity index (χ3n) is 4.99. The predicted molar refractivity (Wildman–Crippen MR) is 117 cm³/mol. The van der Waals surface area contributed by atoms with Crippen molar-refractivity contribution >= 4 is 11.8 Å². The van der Waals surface area contributed by atoms with Crippen LogP contribution in [0.3, 0.4) is 0 Å². The number of nitrogens with zero attached hydrogens (tertiary/aromatic N) is 1. The Morgan fingerprint density at radius 2 is 1.73 bits per heavy atom. The van der Waals surface area contributed by atoms with Crippen LogP contribution in [0.25, 0.3) is 0 Å². The minimum Gasteiger partial charge on any atom is -0.497 e. The van der Waals surface area contributed by atoms with E-state index in [4.69, 9.17) is 14.2 Å². The molecule has 0 fully saturated rings. The van der Waals surface area contributed by atoms with Gasteiger partial charge in [0.15, 0.2) is 0 Å². The van der Waals surface area contributed by atoms with Gasteiger partial charge in [-0.1, -0.05) is 13.3 Å². The smallest absolute Gasteiger partial charge is 0.421 e. The van der Waals surface area contributed by atoms with Gasteiger partial charge in [0, 0.05) is 18.9 Å². The van der Waals surface area contributed by atoms with Crippen LogP contribution in [0.4, 0.5) is 10.5 Å². The SMILES string of the molecule is CCC[C@](C)(OC)C(Nc1ccc(OC)cc1)c1ccc(O)n1C(=O)OC(C)(C)C. The highest BCUT2D eigenvalue weighted by Crippen LogP contribution is 2.38. The molecule has 1 aromatic carbocycles. The fraction of sp³-hybridized carbons (Fsp3) is 0.522. The molecule has 0 aliphatic rings. The van der Waals surface area contributed by atoms with Crippen LogP contribution in [0.1, 0.15) is 59.2 Å². The summed E-state index contributed by atoms with van der Waals surface area (Å²) >= 11 is 0. The summed E-state index contributed by atoms with van der Waals surface area (Å²) in [7, 11) is 3.27. The first-order chi connectivity index (χ1) is 14.0. The largest absolute Gasteiger partial charge is 0.497 e. The van der Waals surface area contributed by atoms with Crippen LogP contribution in [0.2, 0.25) is 0 Å². The molecule has 1 aromatic heterocycles. The summed E-state index contributed by atoms with van der Waals surface area (Å²) in [5, 5.41) is 13.9. The van der Waals surface area contributed by atoms with E-state index in [0.29, 0.717) is 5.69 Å². The Morgan fingerprint density at radius 1 is 1.10 bits per heavy atom. The average molecular weight is 419 g/mol. The molecule has 30 heavy (non-hydrogen) atoms. The Hall–Kier alpha value is -2.67. The third-order valence-corrected chi connectivity index (χ3v) is 4.99. The van der Waals surface area contributed by atoms with E-state index in [0.717, 1.165) is 24.3 Å². The van der Waals surface area contributed by atoms with Crippen molar-refractivity contribution in [3.63, 3.8) is 0 Å². The number of aromatic hydroxyl groups is 1. The molecular weight excluding hydrogens is 384 g/mol. The molecule has 0 saturated heterocycles. The van der Waals surface area contributed by atoms with Crippen LogP contribution in [0, 0.1) is 0 Å². The Kier molecular flexibility index (Phi) is 7.42. The second-order valence-corrected chi connectivity index (χ2v) is 8.50. The Bertz CT molecular complexity index is 838. The maximum absolute atomic E-state index is 12.9. The molecule has 0 radical (unpaired) electrons.